The maximum absolute atomic E-state index is 10.2. The Morgan fingerprint density at radius 2 is 1.96 bits per heavy atom. The van der Waals surface area contributed by atoms with Crippen molar-refractivity contribution in [3.05, 3.63) is 23.8 Å². The molecule has 1 saturated heterocycles. The van der Waals surface area contributed by atoms with Gasteiger partial charge in [0.25, 0.3) is 0 Å². The van der Waals surface area contributed by atoms with Gasteiger partial charge in [-0.1, -0.05) is 19.9 Å². The van der Waals surface area contributed by atoms with E-state index in [1.54, 1.807) is 7.11 Å². The molecule has 136 valence electrons. The normalized spacial score (nSPS) is 16.9. The van der Waals surface area contributed by atoms with Gasteiger partial charge in [0.1, 0.15) is 12.7 Å². The number of methoxy groups -OCH3 is 1. The molecule has 1 fully saturated rings. The number of hydrogen-bond acceptors (Lipinski definition) is 6. The van der Waals surface area contributed by atoms with E-state index in [2.05, 4.69) is 23.6 Å². The maximum Gasteiger partial charge on any atom is 0.161 e. The van der Waals surface area contributed by atoms with Crippen LogP contribution < -0.4 is 9.47 Å². The van der Waals surface area contributed by atoms with Crippen LogP contribution in [0.2, 0.25) is 0 Å². The second kappa shape index (κ2) is 9.22. The maximum atomic E-state index is 10.2. The number of likely N-dealkylation sites (tertiary alicyclic amines) is 1. The summed E-state index contributed by atoms with van der Waals surface area (Å²) in [7, 11) is 1.61. The van der Waals surface area contributed by atoms with Crippen LogP contribution in [0.25, 0.3) is 0 Å². The number of likely N-dealkylation sites (N-methyl/N-ethyl adjacent to an activating group) is 1. The van der Waals surface area contributed by atoms with E-state index in [4.69, 9.17) is 9.47 Å². The van der Waals surface area contributed by atoms with Crippen molar-refractivity contribution in [3.8, 4) is 11.5 Å². The molecule has 0 aromatic heterocycles. The van der Waals surface area contributed by atoms with Crippen LogP contribution in [0.5, 0.6) is 11.5 Å². The minimum absolute atomic E-state index is 0.200. The Balaban J connectivity index is 1.92. The lowest BCUT2D eigenvalue weighted by Crippen LogP contribution is -2.49. The van der Waals surface area contributed by atoms with E-state index in [9.17, 15) is 10.2 Å². The van der Waals surface area contributed by atoms with Gasteiger partial charge in [-0.2, -0.15) is 0 Å². The Morgan fingerprint density at radius 3 is 2.54 bits per heavy atom. The molecular formula is C18H30N2O4. The molecule has 1 heterocycles. The highest BCUT2D eigenvalue weighted by Gasteiger charge is 2.24. The van der Waals surface area contributed by atoms with Gasteiger partial charge < -0.3 is 24.6 Å². The molecule has 6 nitrogen and oxygen atoms in total. The summed E-state index contributed by atoms with van der Waals surface area (Å²) < 4.78 is 11.2. The Kier molecular flexibility index (Phi) is 7.30. The van der Waals surface area contributed by atoms with Gasteiger partial charge in [-0.05, 0) is 30.8 Å². The fourth-order valence-electron chi connectivity index (χ4n) is 2.88. The lowest BCUT2D eigenvalue weighted by Gasteiger charge is -2.35. The lowest BCUT2D eigenvalue weighted by molar-refractivity contribution is -0.00293. The molecular weight excluding hydrogens is 308 g/mol. The fraction of sp³-hybridized carbons (Fsp3) is 0.667. The van der Waals surface area contributed by atoms with Crippen LogP contribution in [0.3, 0.4) is 0 Å². The minimum atomic E-state index is -0.538. The van der Waals surface area contributed by atoms with Crippen molar-refractivity contribution < 1.29 is 19.7 Å². The van der Waals surface area contributed by atoms with Gasteiger partial charge in [-0.25, -0.2) is 0 Å². The molecule has 0 amide bonds. The first-order valence-electron chi connectivity index (χ1n) is 8.66. The molecule has 24 heavy (non-hydrogen) atoms. The monoisotopic (exact) mass is 338 g/mol. The molecule has 0 aliphatic carbocycles. The molecule has 0 radical (unpaired) electrons. The van der Waals surface area contributed by atoms with Crippen LogP contribution in [0.15, 0.2) is 18.2 Å². The molecule has 0 unspecified atom stereocenters. The number of rotatable bonds is 10. The minimum Gasteiger partial charge on any atom is -0.493 e. The zero-order valence-electron chi connectivity index (χ0n) is 14.9. The molecule has 6 heteroatoms. The van der Waals surface area contributed by atoms with Gasteiger partial charge in [-0.15, -0.1) is 0 Å². The standard InChI is InChI=1S/C18H30N2O4/c1-4-19(5-2)12-16(22)13-24-18-8-14(6-7-17(18)23-3)9-20-10-15(21)11-20/h6-8,15-16,21-22H,4-5,9-13H2,1-3H3/t16-/m1/s1. The van der Waals surface area contributed by atoms with Crippen LogP contribution >= 0.6 is 0 Å². The van der Waals surface area contributed by atoms with E-state index in [0.717, 1.165) is 25.2 Å². The number of hydrogen-bond donors (Lipinski definition) is 2. The summed E-state index contributed by atoms with van der Waals surface area (Å²) in [4.78, 5) is 4.34. The second-order valence-corrected chi connectivity index (χ2v) is 6.28. The highest BCUT2D eigenvalue weighted by molar-refractivity contribution is 5.43. The summed E-state index contributed by atoms with van der Waals surface area (Å²) in [5.74, 6) is 1.31. The molecule has 0 spiro atoms. The molecule has 1 aliphatic heterocycles. The third-order valence-electron chi connectivity index (χ3n) is 4.37. The lowest BCUT2D eigenvalue weighted by atomic mass is 10.1. The predicted octanol–water partition coefficient (Wildman–Crippen LogP) is 0.953. The first kappa shape index (κ1) is 19.0. The van der Waals surface area contributed by atoms with Crippen LogP contribution in [-0.2, 0) is 6.54 Å². The van der Waals surface area contributed by atoms with Crippen LogP contribution in [0, 0.1) is 0 Å². The fourth-order valence-corrected chi connectivity index (χ4v) is 2.88. The van der Waals surface area contributed by atoms with Gasteiger partial charge in [0.15, 0.2) is 11.5 Å². The van der Waals surface area contributed by atoms with Crippen LogP contribution in [0.1, 0.15) is 19.4 Å². The van der Waals surface area contributed by atoms with E-state index >= 15 is 0 Å². The van der Waals surface area contributed by atoms with E-state index < -0.39 is 6.10 Å². The molecule has 2 N–H and O–H groups in total. The highest BCUT2D eigenvalue weighted by atomic mass is 16.5. The van der Waals surface area contributed by atoms with Crippen molar-refractivity contribution in [2.24, 2.45) is 0 Å². The van der Waals surface area contributed by atoms with Crippen molar-refractivity contribution in [2.75, 3.05) is 46.4 Å². The van der Waals surface area contributed by atoms with E-state index in [-0.39, 0.29) is 12.7 Å². The summed E-state index contributed by atoms with van der Waals surface area (Å²) >= 11 is 0. The predicted molar refractivity (Wildman–Crippen MR) is 93.6 cm³/mol. The topological polar surface area (TPSA) is 65.4 Å². The third-order valence-corrected chi connectivity index (χ3v) is 4.37. The van der Waals surface area contributed by atoms with Gasteiger partial charge >= 0.3 is 0 Å². The Bertz CT molecular complexity index is 502. The third kappa shape index (κ3) is 5.34. The van der Waals surface area contributed by atoms with Crippen LogP contribution in [0.4, 0.5) is 0 Å². The van der Waals surface area contributed by atoms with Crippen LogP contribution in [-0.4, -0.2) is 78.7 Å². The van der Waals surface area contributed by atoms with Crippen molar-refractivity contribution in [1.82, 2.24) is 9.80 Å². The number of nitrogens with zero attached hydrogens (tertiary/aromatic N) is 2. The smallest absolute Gasteiger partial charge is 0.161 e. The zero-order chi connectivity index (χ0) is 17.5. The number of aliphatic hydroxyl groups excluding tert-OH is 2. The number of aliphatic hydroxyl groups is 2. The van der Waals surface area contributed by atoms with Gasteiger partial charge in [0.2, 0.25) is 0 Å². The van der Waals surface area contributed by atoms with Gasteiger partial charge in [-0.3, -0.25) is 4.90 Å². The largest absolute Gasteiger partial charge is 0.493 e. The molecule has 1 aromatic rings. The average molecular weight is 338 g/mol. The SMILES string of the molecule is CCN(CC)C[C@@H](O)COc1cc(CN2CC(O)C2)ccc1OC. The van der Waals surface area contributed by atoms with Crippen molar-refractivity contribution in [1.29, 1.82) is 0 Å². The second-order valence-electron chi connectivity index (χ2n) is 6.28. The number of ether oxygens (including phenoxy) is 2. The summed E-state index contributed by atoms with van der Waals surface area (Å²) in [6.45, 7) is 9.02. The zero-order valence-corrected chi connectivity index (χ0v) is 14.9. The average Bonchev–Trinajstić information content (AvgIpc) is 2.56. The summed E-state index contributed by atoms with van der Waals surface area (Å²) in [6.07, 6.45) is -0.738. The quantitative estimate of drug-likeness (QED) is 0.662. The summed E-state index contributed by atoms with van der Waals surface area (Å²) in [5, 5.41) is 19.5. The molecule has 1 atom stereocenters. The van der Waals surface area contributed by atoms with Crippen molar-refractivity contribution in [3.63, 3.8) is 0 Å². The van der Waals surface area contributed by atoms with Gasteiger partial charge in [0, 0.05) is 26.2 Å². The molecule has 0 saturated carbocycles. The van der Waals surface area contributed by atoms with E-state index in [1.165, 1.54) is 0 Å². The molecule has 1 aliphatic rings. The highest BCUT2D eigenvalue weighted by Crippen LogP contribution is 2.29. The van der Waals surface area contributed by atoms with Crippen molar-refractivity contribution in [2.45, 2.75) is 32.6 Å². The Morgan fingerprint density at radius 1 is 1.25 bits per heavy atom. The Hall–Kier alpha value is -1.34. The van der Waals surface area contributed by atoms with Gasteiger partial charge in [0.05, 0.1) is 13.2 Å². The summed E-state index contributed by atoms with van der Waals surface area (Å²) in [6, 6.07) is 5.84. The molecule has 1 aromatic carbocycles. The molecule has 2 rings (SSSR count). The summed E-state index contributed by atoms with van der Waals surface area (Å²) in [5.41, 5.74) is 1.11. The first-order valence-corrected chi connectivity index (χ1v) is 8.66. The van der Waals surface area contributed by atoms with E-state index in [1.807, 2.05) is 18.2 Å². The molecule has 0 bridgehead atoms. The number of β-amino-alcohol motifs (C(OH)–C–C–N with tert-alkyl or cyclic N) is 1. The number of benzene rings is 1. The first-order chi connectivity index (χ1) is 11.5. The Labute approximate surface area is 144 Å². The van der Waals surface area contributed by atoms with Crippen molar-refractivity contribution >= 4 is 0 Å². The van der Waals surface area contributed by atoms with E-state index in [0.29, 0.717) is 31.1 Å².